The van der Waals surface area contributed by atoms with E-state index in [0.717, 1.165) is 18.4 Å². The molecule has 2 atom stereocenters. The molecule has 4 rings (SSSR count). The average Bonchev–Trinajstić information content (AvgIpc) is 3.19. The van der Waals surface area contributed by atoms with Crippen molar-refractivity contribution in [2.45, 2.75) is 30.6 Å². The minimum Gasteiger partial charge on any atom is -0.492 e. The molecule has 1 saturated heterocycles. The van der Waals surface area contributed by atoms with Crippen LogP contribution in [0.5, 0.6) is 5.75 Å². The van der Waals surface area contributed by atoms with Crippen LogP contribution in [-0.4, -0.2) is 43.5 Å². The maximum atomic E-state index is 13.0. The van der Waals surface area contributed by atoms with Gasteiger partial charge in [-0.15, -0.1) is 0 Å². The van der Waals surface area contributed by atoms with Crippen LogP contribution in [0.15, 0.2) is 23.1 Å². The molecule has 0 aromatic heterocycles. The molecule has 2 aliphatic heterocycles. The molecule has 7 heteroatoms. The molecule has 0 bridgehead atoms. The second-order valence-electron chi connectivity index (χ2n) is 6.69. The van der Waals surface area contributed by atoms with Crippen LogP contribution in [0.4, 0.5) is 0 Å². The summed E-state index contributed by atoms with van der Waals surface area (Å²) < 4.78 is 33.0. The van der Waals surface area contributed by atoms with E-state index < -0.39 is 21.4 Å². The summed E-state index contributed by atoms with van der Waals surface area (Å²) in [6, 6.07) is 5.16. The second kappa shape index (κ2) is 4.95. The Labute approximate surface area is 135 Å². The first-order chi connectivity index (χ1) is 10.9. The lowest BCUT2D eigenvalue weighted by Crippen LogP contribution is -2.37. The second-order valence-corrected chi connectivity index (χ2v) is 8.60. The SMILES string of the molecule is O=C(O)[C@@]12CCC[C@H]1CN(S(=O)(=O)c1cccc3c1OCC3)C2. The number of hydrogen-bond donors (Lipinski definition) is 1. The predicted octanol–water partition coefficient (Wildman–Crippen LogP) is 1.50. The molecule has 0 amide bonds. The number of nitrogens with zero attached hydrogens (tertiary/aromatic N) is 1. The third-order valence-electron chi connectivity index (χ3n) is 5.56. The zero-order valence-corrected chi connectivity index (χ0v) is 13.5. The highest BCUT2D eigenvalue weighted by Gasteiger charge is 2.57. The molecule has 6 nitrogen and oxygen atoms in total. The molecule has 1 N–H and O–H groups in total. The lowest BCUT2D eigenvalue weighted by molar-refractivity contribution is -0.149. The molecular formula is C16H19NO5S. The Kier molecular flexibility index (Phi) is 3.22. The molecule has 0 spiro atoms. The number of hydrogen-bond acceptors (Lipinski definition) is 4. The molecule has 0 unspecified atom stereocenters. The van der Waals surface area contributed by atoms with Crippen molar-refractivity contribution in [3.8, 4) is 5.75 Å². The first kappa shape index (κ1) is 15.0. The summed E-state index contributed by atoms with van der Waals surface area (Å²) in [7, 11) is -3.73. The zero-order chi connectivity index (χ0) is 16.2. The van der Waals surface area contributed by atoms with Crippen LogP contribution >= 0.6 is 0 Å². The lowest BCUT2D eigenvalue weighted by atomic mass is 9.81. The topological polar surface area (TPSA) is 83.9 Å². The van der Waals surface area contributed by atoms with Gasteiger partial charge in [0.05, 0.1) is 12.0 Å². The molecule has 23 heavy (non-hydrogen) atoms. The van der Waals surface area contributed by atoms with Gasteiger partial charge >= 0.3 is 5.97 Å². The van der Waals surface area contributed by atoms with Crippen LogP contribution in [0, 0.1) is 11.3 Å². The van der Waals surface area contributed by atoms with Crippen molar-refractivity contribution in [1.29, 1.82) is 0 Å². The number of carboxylic acid groups (broad SMARTS) is 1. The van der Waals surface area contributed by atoms with Gasteiger partial charge in [0.2, 0.25) is 10.0 Å². The maximum absolute atomic E-state index is 13.0. The Morgan fingerprint density at radius 2 is 2.22 bits per heavy atom. The normalized spacial score (nSPS) is 30.0. The number of sulfonamides is 1. The van der Waals surface area contributed by atoms with Gasteiger partial charge in [0.15, 0.2) is 0 Å². The van der Waals surface area contributed by atoms with Crippen molar-refractivity contribution in [1.82, 2.24) is 4.31 Å². The first-order valence-corrected chi connectivity index (χ1v) is 9.37. The Hall–Kier alpha value is -1.60. The highest BCUT2D eigenvalue weighted by molar-refractivity contribution is 7.89. The summed E-state index contributed by atoms with van der Waals surface area (Å²) in [6.07, 6.45) is 2.90. The number of fused-ring (bicyclic) bond motifs is 2. The average molecular weight is 337 g/mol. The fourth-order valence-corrected chi connectivity index (χ4v) is 6.03. The van der Waals surface area contributed by atoms with E-state index in [1.54, 1.807) is 12.1 Å². The summed E-state index contributed by atoms with van der Waals surface area (Å²) in [5.41, 5.74) is -0.00952. The van der Waals surface area contributed by atoms with E-state index in [0.29, 0.717) is 25.2 Å². The summed E-state index contributed by atoms with van der Waals surface area (Å²) in [6.45, 7) is 0.848. The van der Waals surface area contributed by atoms with Crippen LogP contribution in [0.1, 0.15) is 24.8 Å². The predicted molar refractivity (Wildman–Crippen MR) is 81.8 cm³/mol. The highest BCUT2D eigenvalue weighted by Crippen LogP contribution is 2.50. The van der Waals surface area contributed by atoms with Gasteiger partial charge in [-0.25, -0.2) is 8.42 Å². The van der Waals surface area contributed by atoms with E-state index in [1.165, 1.54) is 4.31 Å². The lowest BCUT2D eigenvalue weighted by Gasteiger charge is -2.23. The molecule has 1 aromatic rings. The molecular weight excluding hydrogens is 318 g/mol. The van der Waals surface area contributed by atoms with Crippen LogP contribution in [0.2, 0.25) is 0 Å². The molecule has 1 saturated carbocycles. The minimum atomic E-state index is -3.73. The number of carboxylic acids is 1. The fraction of sp³-hybridized carbons (Fsp3) is 0.562. The smallest absolute Gasteiger partial charge is 0.311 e. The quantitative estimate of drug-likeness (QED) is 0.903. The molecule has 3 aliphatic rings. The highest BCUT2D eigenvalue weighted by atomic mass is 32.2. The van der Waals surface area contributed by atoms with Crippen molar-refractivity contribution in [3.05, 3.63) is 23.8 Å². The van der Waals surface area contributed by atoms with Crippen LogP contribution in [0.3, 0.4) is 0 Å². The fourth-order valence-electron chi connectivity index (χ4n) is 4.30. The van der Waals surface area contributed by atoms with E-state index in [4.69, 9.17) is 4.74 Å². The molecule has 1 aliphatic carbocycles. The summed E-state index contributed by atoms with van der Waals surface area (Å²) in [4.78, 5) is 11.9. The maximum Gasteiger partial charge on any atom is 0.311 e. The third kappa shape index (κ3) is 2.03. The number of ether oxygens (including phenoxy) is 1. The van der Waals surface area contributed by atoms with Crippen LogP contribution in [-0.2, 0) is 21.2 Å². The van der Waals surface area contributed by atoms with Gasteiger partial charge in [-0.1, -0.05) is 18.6 Å². The van der Waals surface area contributed by atoms with E-state index in [1.807, 2.05) is 6.07 Å². The van der Waals surface area contributed by atoms with Crippen molar-refractivity contribution >= 4 is 16.0 Å². The standard InChI is InChI=1S/C16H19NO5S/c18-15(19)16-7-2-4-12(16)9-17(10-16)23(20,21)13-5-1-3-11-6-8-22-14(11)13/h1,3,5,12H,2,4,6-10H2,(H,18,19)/t12-,16+/m0/s1. The molecule has 2 heterocycles. The Balaban J connectivity index is 1.72. The van der Waals surface area contributed by atoms with Gasteiger partial charge in [0.25, 0.3) is 0 Å². The van der Waals surface area contributed by atoms with Gasteiger partial charge in [0.1, 0.15) is 10.6 Å². The Morgan fingerprint density at radius 1 is 1.39 bits per heavy atom. The van der Waals surface area contributed by atoms with Gasteiger partial charge in [-0.05, 0) is 30.4 Å². The van der Waals surface area contributed by atoms with E-state index in [9.17, 15) is 18.3 Å². The van der Waals surface area contributed by atoms with Crippen molar-refractivity contribution < 1.29 is 23.1 Å². The molecule has 124 valence electrons. The number of rotatable bonds is 3. The van der Waals surface area contributed by atoms with E-state index in [2.05, 4.69) is 0 Å². The number of benzene rings is 1. The van der Waals surface area contributed by atoms with Crippen molar-refractivity contribution in [2.75, 3.05) is 19.7 Å². The van der Waals surface area contributed by atoms with Crippen molar-refractivity contribution in [2.24, 2.45) is 11.3 Å². The monoisotopic (exact) mass is 337 g/mol. The largest absolute Gasteiger partial charge is 0.492 e. The molecule has 0 radical (unpaired) electrons. The zero-order valence-electron chi connectivity index (χ0n) is 12.7. The summed E-state index contributed by atoms with van der Waals surface area (Å²) in [5, 5.41) is 9.64. The van der Waals surface area contributed by atoms with E-state index >= 15 is 0 Å². The summed E-state index contributed by atoms with van der Waals surface area (Å²) >= 11 is 0. The van der Waals surface area contributed by atoms with Gasteiger partial charge in [-0.3, -0.25) is 4.79 Å². The van der Waals surface area contributed by atoms with E-state index in [-0.39, 0.29) is 23.9 Å². The third-order valence-corrected chi connectivity index (χ3v) is 7.40. The number of aliphatic carboxylic acids is 1. The van der Waals surface area contributed by atoms with Crippen LogP contribution in [0.25, 0.3) is 0 Å². The van der Waals surface area contributed by atoms with Gasteiger partial charge < -0.3 is 9.84 Å². The number of carbonyl (C=O) groups is 1. The molecule has 1 aromatic carbocycles. The van der Waals surface area contributed by atoms with Gasteiger partial charge in [0, 0.05) is 19.5 Å². The molecule has 2 fully saturated rings. The van der Waals surface area contributed by atoms with Crippen molar-refractivity contribution in [3.63, 3.8) is 0 Å². The Bertz CT molecular complexity index is 775. The first-order valence-electron chi connectivity index (χ1n) is 7.93. The van der Waals surface area contributed by atoms with Gasteiger partial charge in [-0.2, -0.15) is 4.31 Å². The van der Waals surface area contributed by atoms with Crippen LogP contribution < -0.4 is 4.74 Å². The number of para-hydroxylation sites is 1. The Morgan fingerprint density at radius 3 is 2.96 bits per heavy atom. The summed E-state index contributed by atoms with van der Waals surface area (Å²) in [5.74, 6) is -0.520. The minimum absolute atomic E-state index is 0.0685.